The van der Waals surface area contributed by atoms with E-state index >= 15 is 0 Å². The molecule has 1 amide bonds. The van der Waals surface area contributed by atoms with Crippen LogP contribution in [0.15, 0.2) is 30.3 Å². The number of aromatic nitrogens is 2. The second-order valence-electron chi connectivity index (χ2n) is 5.26. The van der Waals surface area contributed by atoms with Crippen LogP contribution in [0.5, 0.6) is 0 Å². The fourth-order valence-corrected chi connectivity index (χ4v) is 2.34. The van der Waals surface area contributed by atoms with Crippen molar-refractivity contribution in [3.05, 3.63) is 47.3 Å². The topological polar surface area (TPSA) is 64.2 Å². The zero-order chi connectivity index (χ0) is 15.4. The minimum atomic E-state index is 0.0109. The van der Waals surface area contributed by atoms with Crippen LogP contribution in [0.4, 0.5) is 5.69 Å². The summed E-state index contributed by atoms with van der Waals surface area (Å²) in [5.41, 5.74) is 8.98. The number of anilines is 1. The molecular weight excluding hydrogens is 264 g/mol. The summed E-state index contributed by atoms with van der Waals surface area (Å²) in [6, 6.07) is 9.46. The average Bonchev–Trinajstić information content (AvgIpc) is 2.79. The maximum absolute atomic E-state index is 12.7. The van der Waals surface area contributed by atoms with Crippen molar-refractivity contribution in [2.24, 2.45) is 7.05 Å². The van der Waals surface area contributed by atoms with Gasteiger partial charge in [-0.2, -0.15) is 5.10 Å². The summed E-state index contributed by atoms with van der Waals surface area (Å²) in [7, 11) is 1.80. The molecular formula is C16H22N4O. The molecule has 2 aromatic rings. The third-order valence-electron chi connectivity index (χ3n) is 3.35. The monoisotopic (exact) mass is 286 g/mol. The summed E-state index contributed by atoms with van der Waals surface area (Å²) in [6.45, 7) is 5.25. The number of carbonyl (C=O) groups excluding carboxylic acids is 1. The van der Waals surface area contributed by atoms with E-state index in [0.717, 1.165) is 23.4 Å². The number of aryl methyl sites for hydroxylation is 2. The van der Waals surface area contributed by atoms with Gasteiger partial charge in [0.05, 0.1) is 5.69 Å². The van der Waals surface area contributed by atoms with Crippen LogP contribution >= 0.6 is 0 Å². The first-order valence-corrected chi connectivity index (χ1v) is 7.15. The summed E-state index contributed by atoms with van der Waals surface area (Å²) in [5.74, 6) is 0.0109. The predicted molar refractivity (Wildman–Crippen MR) is 83.8 cm³/mol. The highest BCUT2D eigenvalue weighted by atomic mass is 16.2. The van der Waals surface area contributed by atoms with E-state index in [4.69, 9.17) is 5.73 Å². The molecule has 5 heteroatoms. The van der Waals surface area contributed by atoms with Crippen molar-refractivity contribution in [3.63, 3.8) is 0 Å². The highest BCUT2D eigenvalue weighted by molar-refractivity contribution is 5.92. The van der Waals surface area contributed by atoms with Crippen LogP contribution in [0.1, 0.15) is 35.1 Å². The first-order chi connectivity index (χ1) is 10.0. The fourth-order valence-electron chi connectivity index (χ4n) is 2.34. The Hall–Kier alpha value is -2.30. The number of carbonyl (C=O) groups is 1. The van der Waals surface area contributed by atoms with Gasteiger partial charge in [-0.05, 0) is 37.1 Å². The van der Waals surface area contributed by atoms with Crippen LogP contribution in [0.2, 0.25) is 0 Å². The van der Waals surface area contributed by atoms with E-state index in [1.165, 1.54) is 0 Å². The number of hydrogen-bond donors (Lipinski definition) is 1. The van der Waals surface area contributed by atoms with Gasteiger partial charge in [0.1, 0.15) is 5.69 Å². The molecule has 0 saturated heterocycles. The second-order valence-corrected chi connectivity index (χ2v) is 5.26. The highest BCUT2D eigenvalue weighted by Crippen LogP contribution is 2.13. The maximum Gasteiger partial charge on any atom is 0.272 e. The zero-order valence-corrected chi connectivity index (χ0v) is 12.8. The molecule has 0 spiro atoms. The summed E-state index contributed by atoms with van der Waals surface area (Å²) in [6.07, 6.45) is 0.914. The standard InChI is InChI=1S/C16H22N4O/c1-4-9-20(11-13-5-7-14(17)8-6-13)16(21)15-10-12(2)18-19(15)3/h5-8,10H,4,9,11,17H2,1-3H3. The number of amides is 1. The molecule has 112 valence electrons. The summed E-state index contributed by atoms with van der Waals surface area (Å²) >= 11 is 0. The largest absolute Gasteiger partial charge is 0.399 e. The Morgan fingerprint density at radius 1 is 1.33 bits per heavy atom. The lowest BCUT2D eigenvalue weighted by atomic mass is 10.2. The smallest absolute Gasteiger partial charge is 0.272 e. The van der Waals surface area contributed by atoms with E-state index in [2.05, 4.69) is 12.0 Å². The third-order valence-corrected chi connectivity index (χ3v) is 3.35. The lowest BCUT2D eigenvalue weighted by molar-refractivity contribution is 0.0732. The van der Waals surface area contributed by atoms with E-state index in [9.17, 15) is 4.79 Å². The molecule has 0 unspecified atom stereocenters. The minimum absolute atomic E-state index is 0.0109. The molecule has 1 aromatic heterocycles. The highest BCUT2D eigenvalue weighted by Gasteiger charge is 2.19. The van der Waals surface area contributed by atoms with E-state index in [1.54, 1.807) is 11.7 Å². The van der Waals surface area contributed by atoms with Crippen LogP contribution < -0.4 is 5.73 Å². The normalized spacial score (nSPS) is 10.6. The van der Waals surface area contributed by atoms with Crippen molar-refractivity contribution in [2.75, 3.05) is 12.3 Å². The van der Waals surface area contributed by atoms with Crippen molar-refractivity contribution in [2.45, 2.75) is 26.8 Å². The third kappa shape index (κ3) is 3.62. The average molecular weight is 286 g/mol. The lowest BCUT2D eigenvalue weighted by Crippen LogP contribution is -2.32. The fraction of sp³-hybridized carbons (Fsp3) is 0.375. The lowest BCUT2D eigenvalue weighted by Gasteiger charge is -2.22. The van der Waals surface area contributed by atoms with Crippen LogP contribution in [0.25, 0.3) is 0 Å². The number of benzene rings is 1. The molecule has 21 heavy (non-hydrogen) atoms. The first-order valence-electron chi connectivity index (χ1n) is 7.15. The van der Waals surface area contributed by atoms with Gasteiger partial charge in [0.25, 0.3) is 5.91 Å². The van der Waals surface area contributed by atoms with E-state index in [0.29, 0.717) is 18.8 Å². The van der Waals surface area contributed by atoms with Crippen molar-refractivity contribution in [3.8, 4) is 0 Å². The van der Waals surface area contributed by atoms with E-state index in [1.807, 2.05) is 42.2 Å². The van der Waals surface area contributed by atoms with Crippen LogP contribution in [0, 0.1) is 6.92 Å². The van der Waals surface area contributed by atoms with Gasteiger partial charge in [0.15, 0.2) is 0 Å². The summed E-state index contributed by atoms with van der Waals surface area (Å²) < 4.78 is 1.64. The van der Waals surface area contributed by atoms with Gasteiger partial charge in [-0.3, -0.25) is 9.48 Å². The number of nitrogens with zero attached hydrogens (tertiary/aromatic N) is 3. The minimum Gasteiger partial charge on any atom is -0.399 e. The molecule has 0 aliphatic carbocycles. The van der Waals surface area contributed by atoms with Gasteiger partial charge in [-0.15, -0.1) is 0 Å². The van der Waals surface area contributed by atoms with Gasteiger partial charge >= 0.3 is 0 Å². The molecule has 0 bridgehead atoms. The SMILES string of the molecule is CCCN(Cc1ccc(N)cc1)C(=O)c1cc(C)nn1C. The Balaban J connectivity index is 2.20. The van der Waals surface area contributed by atoms with Crippen molar-refractivity contribution in [1.29, 1.82) is 0 Å². The summed E-state index contributed by atoms with van der Waals surface area (Å²) in [4.78, 5) is 14.5. The van der Waals surface area contributed by atoms with Crippen molar-refractivity contribution >= 4 is 11.6 Å². The van der Waals surface area contributed by atoms with Gasteiger partial charge in [0, 0.05) is 25.8 Å². The molecule has 2 N–H and O–H groups in total. The Morgan fingerprint density at radius 2 is 2.00 bits per heavy atom. The zero-order valence-electron chi connectivity index (χ0n) is 12.8. The molecule has 2 rings (SSSR count). The predicted octanol–water partition coefficient (Wildman–Crippen LogP) is 2.36. The molecule has 0 saturated carbocycles. The maximum atomic E-state index is 12.7. The molecule has 0 atom stereocenters. The number of rotatable bonds is 5. The number of nitrogen functional groups attached to an aromatic ring is 1. The molecule has 1 aromatic carbocycles. The van der Waals surface area contributed by atoms with Crippen molar-refractivity contribution < 1.29 is 4.79 Å². The Bertz CT molecular complexity index is 616. The number of nitrogens with two attached hydrogens (primary N) is 1. The van der Waals surface area contributed by atoms with Crippen LogP contribution in [0.3, 0.4) is 0 Å². The van der Waals surface area contributed by atoms with Crippen LogP contribution in [-0.4, -0.2) is 27.1 Å². The Kier molecular flexibility index (Phi) is 4.62. The Labute approximate surface area is 125 Å². The molecule has 0 aliphatic heterocycles. The van der Waals surface area contributed by atoms with Gasteiger partial charge in [0.2, 0.25) is 0 Å². The molecule has 5 nitrogen and oxygen atoms in total. The first kappa shape index (κ1) is 15.1. The van der Waals surface area contributed by atoms with E-state index < -0.39 is 0 Å². The van der Waals surface area contributed by atoms with Crippen LogP contribution in [-0.2, 0) is 13.6 Å². The van der Waals surface area contributed by atoms with Crippen molar-refractivity contribution in [1.82, 2.24) is 14.7 Å². The molecule has 0 radical (unpaired) electrons. The second kappa shape index (κ2) is 6.43. The molecule has 0 fully saturated rings. The van der Waals surface area contributed by atoms with E-state index in [-0.39, 0.29) is 5.91 Å². The molecule has 1 heterocycles. The van der Waals surface area contributed by atoms with Gasteiger partial charge < -0.3 is 10.6 Å². The molecule has 0 aliphatic rings. The van der Waals surface area contributed by atoms with Gasteiger partial charge in [-0.25, -0.2) is 0 Å². The van der Waals surface area contributed by atoms with Gasteiger partial charge in [-0.1, -0.05) is 19.1 Å². The summed E-state index contributed by atoms with van der Waals surface area (Å²) in [5, 5.41) is 4.25. The Morgan fingerprint density at radius 3 is 2.52 bits per heavy atom. The quantitative estimate of drug-likeness (QED) is 0.858. The number of hydrogen-bond acceptors (Lipinski definition) is 3.